The third-order valence-electron chi connectivity index (χ3n) is 3.42. The molecule has 0 fully saturated rings. The number of aryl methyl sites for hydroxylation is 2. The average Bonchev–Trinajstić information content (AvgIpc) is 2.44. The molecule has 4 nitrogen and oxygen atoms in total. The van der Waals surface area contributed by atoms with E-state index >= 15 is 0 Å². The lowest BCUT2D eigenvalue weighted by atomic mass is 10.1. The van der Waals surface area contributed by atoms with Gasteiger partial charge in [-0.3, -0.25) is 0 Å². The molecule has 4 heteroatoms. The first kappa shape index (κ1) is 14.3. The predicted octanol–water partition coefficient (Wildman–Crippen LogP) is 3.47. The summed E-state index contributed by atoms with van der Waals surface area (Å²) in [4.78, 5) is 10.9. The highest BCUT2D eigenvalue weighted by atomic mass is 15.2. The largest absolute Gasteiger partial charge is 0.373 e. The van der Waals surface area contributed by atoms with Crippen LogP contribution in [0, 0.1) is 13.8 Å². The van der Waals surface area contributed by atoms with Crippen molar-refractivity contribution in [3.05, 3.63) is 41.2 Å². The number of nitrogens with one attached hydrogen (secondary N) is 1. The average molecular weight is 270 g/mol. The number of anilines is 3. The van der Waals surface area contributed by atoms with Crippen LogP contribution >= 0.6 is 0 Å². The van der Waals surface area contributed by atoms with Crippen LogP contribution in [-0.4, -0.2) is 24.1 Å². The molecule has 0 radical (unpaired) electrons. The molecule has 20 heavy (non-hydrogen) atoms. The Morgan fingerprint density at radius 3 is 2.30 bits per heavy atom. The van der Waals surface area contributed by atoms with Crippen LogP contribution in [0.15, 0.2) is 24.5 Å². The molecule has 0 aliphatic heterocycles. The number of aromatic nitrogens is 2. The minimum atomic E-state index is 0.890. The van der Waals surface area contributed by atoms with Gasteiger partial charge in [-0.1, -0.05) is 13.0 Å². The van der Waals surface area contributed by atoms with Crippen molar-refractivity contribution in [2.24, 2.45) is 0 Å². The lowest BCUT2D eigenvalue weighted by molar-refractivity contribution is 0.999. The van der Waals surface area contributed by atoms with Crippen molar-refractivity contribution in [2.45, 2.75) is 27.2 Å². The van der Waals surface area contributed by atoms with Crippen molar-refractivity contribution in [3.63, 3.8) is 0 Å². The quantitative estimate of drug-likeness (QED) is 0.923. The molecule has 2 aromatic rings. The van der Waals surface area contributed by atoms with Gasteiger partial charge in [0, 0.05) is 25.3 Å². The van der Waals surface area contributed by atoms with Crippen molar-refractivity contribution < 1.29 is 0 Å². The first-order valence-electron chi connectivity index (χ1n) is 6.90. The van der Waals surface area contributed by atoms with E-state index in [1.54, 1.807) is 6.33 Å². The van der Waals surface area contributed by atoms with Crippen molar-refractivity contribution in [3.8, 4) is 0 Å². The number of rotatable bonds is 4. The molecule has 0 aliphatic carbocycles. The second-order valence-corrected chi connectivity index (χ2v) is 5.03. The zero-order valence-electron chi connectivity index (χ0n) is 12.9. The van der Waals surface area contributed by atoms with E-state index in [2.05, 4.69) is 66.2 Å². The molecule has 0 saturated heterocycles. The lowest BCUT2D eigenvalue weighted by Crippen LogP contribution is -2.15. The molecule has 0 saturated carbocycles. The van der Waals surface area contributed by atoms with E-state index in [-0.39, 0.29) is 0 Å². The molecular weight excluding hydrogens is 248 g/mol. The van der Waals surface area contributed by atoms with Gasteiger partial charge in [0.15, 0.2) is 0 Å². The smallest absolute Gasteiger partial charge is 0.141 e. The fourth-order valence-corrected chi connectivity index (χ4v) is 2.50. The molecule has 0 bridgehead atoms. The van der Waals surface area contributed by atoms with E-state index in [0.29, 0.717) is 0 Å². The normalized spacial score (nSPS) is 10.4. The maximum atomic E-state index is 4.47. The van der Waals surface area contributed by atoms with E-state index in [0.717, 1.165) is 29.3 Å². The molecule has 0 aliphatic rings. The van der Waals surface area contributed by atoms with Crippen molar-refractivity contribution in [1.29, 1.82) is 0 Å². The second-order valence-electron chi connectivity index (χ2n) is 5.03. The Morgan fingerprint density at radius 1 is 1.10 bits per heavy atom. The topological polar surface area (TPSA) is 41.1 Å². The minimum absolute atomic E-state index is 0.890. The predicted molar refractivity (Wildman–Crippen MR) is 84.9 cm³/mol. The summed E-state index contributed by atoms with van der Waals surface area (Å²) in [6, 6.07) is 6.53. The SMILES string of the molecule is CCc1c(NC)ncnc1N(C)c1cc(C)cc(C)c1. The van der Waals surface area contributed by atoms with Gasteiger partial charge in [-0.05, 0) is 43.5 Å². The van der Waals surface area contributed by atoms with E-state index in [4.69, 9.17) is 0 Å². The highest BCUT2D eigenvalue weighted by molar-refractivity contribution is 5.67. The van der Waals surface area contributed by atoms with E-state index in [9.17, 15) is 0 Å². The Bertz CT molecular complexity index is 587. The molecular formula is C16H22N4. The van der Waals surface area contributed by atoms with E-state index in [1.807, 2.05) is 7.05 Å². The monoisotopic (exact) mass is 270 g/mol. The standard InChI is InChI=1S/C16H22N4/c1-6-14-15(17-4)18-10-19-16(14)20(5)13-8-11(2)7-12(3)9-13/h7-10H,6H2,1-5H3,(H,17,18,19). The summed E-state index contributed by atoms with van der Waals surface area (Å²) < 4.78 is 0. The summed E-state index contributed by atoms with van der Waals surface area (Å²) >= 11 is 0. The van der Waals surface area contributed by atoms with Gasteiger partial charge in [-0.15, -0.1) is 0 Å². The highest BCUT2D eigenvalue weighted by Crippen LogP contribution is 2.29. The summed E-state index contributed by atoms with van der Waals surface area (Å²) in [5, 5.41) is 3.14. The fraction of sp³-hybridized carbons (Fsp3) is 0.375. The van der Waals surface area contributed by atoms with Crippen LogP contribution in [-0.2, 0) is 6.42 Å². The minimum Gasteiger partial charge on any atom is -0.373 e. The van der Waals surface area contributed by atoms with Crippen LogP contribution < -0.4 is 10.2 Å². The van der Waals surface area contributed by atoms with E-state index < -0.39 is 0 Å². The Balaban J connectivity index is 2.50. The van der Waals surface area contributed by atoms with Crippen molar-refractivity contribution >= 4 is 17.3 Å². The summed E-state index contributed by atoms with van der Waals surface area (Å²) in [6.45, 7) is 6.35. The zero-order valence-corrected chi connectivity index (χ0v) is 12.9. The Morgan fingerprint density at radius 2 is 1.75 bits per heavy atom. The van der Waals surface area contributed by atoms with Gasteiger partial charge in [0.05, 0.1) is 0 Å². The van der Waals surface area contributed by atoms with Crippen molar-refractivity contribution in [2.75, 3.05) is 24.3 Å². The molecule has 0 amide bonds. The highest BCUT2D eigenvalue weighted by Gasteiger charge is 2.14. The number of hydrogen-bond acceptors (Lipinski definition) is 4. The summed E-state index contributed by atoms with van der Waals surface area (Å²) in [6.07, 6.45) is 2.50. The first-order chi connectivity index (χ1) is 9.56. The molecule has 1 heterocycles. The van der Waals surface area contributed by atoms with Crippen LogP contribution in [0.1, 0.15) is 23.6 Å². The van der Waals surface area contributed by atoms with Gasteiger partial charge in [0.1, 0.15) is 18.0 Å². The summed E-state index contributed by atoms with van der Waals surface area (Å²) in [7, 11) is 3.94. The molecule has 1 N–H and O–H groups in total. The lowest BCUT2D eigenvalue weighted by Gasteiger charge is -2.23. The Labute approximate surface area is 120 Å². The van der Waals surface area contributed by atoms with Gasteiger partial charge in [-0.25, -0.2) is 9.97 Å². The van der Waals surface area contributed by atoms with Crippen LogP contribution in [0.2, 0.25) is 0 Å². The van der Waals surface area contributed by atoms with Gasteiger partial charge >= 0.3 is 0 Å². The fourth-order valence-electron chi connectivity index (χ4n) is 2.50. The maximum Gasteiger partial charge on any atom is 0.141 e. The van der Waals surface area contributed by atoms with E-state index in [1.165, 1.54) is 11.1 Å². The van der Waals surface area contributed by atoms with Crippen LogP contribution in [0.25, 0.3) is 0 Å². The molecule has 1 aromatic heterocycles. The maximum absolute atomic E-state index is 4.47. The van der Waals surface area contributed by atoms with Crippen LogP contribution in [0.4, 0.5) is 17.3 Å². The van der Waals surface area contributed by atoms with Gasteiger partial charge in [0.2, 0.25) is 0 Å². The van der Waals surface area contributed by atoms with Crippen LogP contribution in [0.5, 0.6) is 0 Å². The molecule has 2 rings (SSSR count). The summed E-state index contributed by atoms with van der Waals surface area (Å²) in [5.74, 6) is 1.85. The second kappa shape index (κ2) is 5.90. The van der Waals surface area contributed by atoms with Gasteiger partial charge in [-0.2, -0.15) is 0 Å². The summed E-state index contributed by atoms with van der Waals surface area (Å²) in [5.41, 5.74) is 4.80. The number of nitrogens with zero attached hydrogens (tertiary/aromatic N) is 3. The molecule has 1 aromatic carbocycles. The number of benzene rings is 1. The molecule has 0 atom stereocenters. The van der Waals surface area contributed by atoms with Gasteiger partial charge < -0.3 is 10.2 Å². The molecule has 0 unspecified atom stereocenters. The third kappa shape index (κ3) is 2.74. The number of hydrogen-bond donors (Lipinski definition) is 1. The first-order valence-corrected chi connectivity index (χ1v) is 6.90. The van der Waals surface area contributed by atoms with Crippen LogP contribution in [0.3, 0.4) is 0 Å². The zero-order chi connectivity index (χ0) is 14.7. The van der Waals surface area contributed by atoms with Crippen molar-refractivity contribution in [1.82, 2.24) is 9.97 Å². The Kier molecular flexibility index (Phi) is 4.23. The Hall–Kier alpha value is -2.10. The van der Waals surface area contributed by atoms with Gasteiger partial charge in [0.25, 0.3) is 0 Å². The molecule has 0 spiro atoms. The molecule has 106 valence electrons. The third-order valence-corrected chi connectivity index (χ3v) is 3.42.